The second-order valence-electron chi connectivity index (χ2n) is 4.23. The third-order valence-electron chi connectivity index (χ3n) is 2.75. The summed E-state index contributed by atoms with van der Waals surface area (Å²) in [6.07, 6.45) is 0.684. The minimum absolute atomic E-state index is 0.236. The first-order chi connectivity index (χ1) is 9.60. The van der Waals surface area contributed by atoms with E-state index in [1.54, 1.807) is 13.0 Å². The molecular weight excluding hydrogens is 279 g/mol. The second-order valence-corrected chi connectivity index (χ2v) is 5.23. The third-order valence-corrected chi connectivity index (χ3v) is 3.84. The highest BCUT2D eigenvalue weighted by Crippen LogP contribution is 2.23. The topological polar surface area (TPSA) is 51.2 Å². The lowest BCUT2D eigenvalue weighted by molar-refractivity contribution is 0.0605. The Bertz CT molecular complexity index is 613. The summed E-state index contributed by atoms with van der Waals surface area (Å²) in [5.41, 5.74) is 1.56. The van der Waals surface area contributed by atoms with Crippen molar-refractivity contribution >= 4 is 22.4 Å². The number of carbonyl (C=O) groups is 1. The van der Waals surface area contributed by atoms with Crippen molar-refractivity contribution in [3.63, 3.8) is 0 Å². The van der Waals surface area contributed by atoms with Gasteiger partial charge >= 0.3 is 5.97 Å². The fraction of sp³-hybridized carbons (Fsp3) is 0.286. The number of aromatic nitrogens is 1. The number of nitrogens with one attached hydrogen (secondary N) is 1. The first kappa shape index (κ1) is 14.5. The average Bonchev–Trinajstić information content (AvgIpc) is 2.79. The van der Waals surface area contributed by atoms with Gasteiger partial charge in [0.1, 0.15) is 10.7 Å². The molecule has 1 N–H and O–H groups in total. The van der Waals surface area contributed by atoms with Crippen molar-refractivity contribution < 1.29 is 13.9 Å². The van der Waals surface area contributed by atoms with Crippen molar-refractivity contribution in [2.75, 3.05) is 19.0 Å². The predicted octanol–water partition coefficient (Wildman–Crippen LogP) is 3.03. The van der Waals surface area contributed by atoms with Crippen molar-refractivity contribution in [2.45, 2.75) is 13.3 Å². The Hall–Kier alpha value is -1.95. The minimum Gasteiger partial charge on any atom is -0.465 e. The fourth-order valence-corrected chi connectivity index (χ4v) is 2.67. The van der Waals surface area contributed by atoms with Gasteiger partial charge in [0.15, 0.2) is 5.13 Å². The molecule has 0 spiro atoms. The molecule has 0 aliphatic carbocycles. The van der Waals surface area contributed by atoms with Gasteiger partial charge in [0, 0.05) is 6.54 Å². The van der Waals surface area contributed by atoms with Crippen LogP contribution >= 0.6 is 11.3 Å². The second kappa shape index (κ2) is 6.47. The van der Waals surface area contributed by atoms with Crippen molar-refractivity contribution in [1.82, 2.24) is 4.98 Å². The molecule has 1 heterocycles. The molecule has 0 aliphatic heterocycles. The number of halogens is 1. The molecule has 0 saturated carbocycles. The number of nitrogens with zero attached hydrogens (tertiary/aromatic N) is 1. The van der Waals surface area contributed by atoms with Crippen LogP contribution in [0, 0.1) is 12.7 Å². The molecule has 0 unspecified atom stereocenters. The number of benzene rings is 1. The first-order valence-electron chi connectivity index (χ1n) is 6.14. The maximum atomic E-state index is 13.0. The number of methoxy groups -OCH3 is 1. The molecule has 0 atom stereocenters. The summed E-state index contributed by atoms with van der Waals surface area (Å²) >= 11 is 1.26. The molecule has 2 aromatic rings. The normalized spacial score (nSPS) is 10.3. The van der Waals surface area contributed by atoms with Gasteiger partial charge in [-0.1, -0.05) is 23.5 Å². The summed E-state index contributed by atoms with van der Waals surface area (Å²) in [5.74, 6) is -0.612. The Morgan fingerprint density at radius 2 is 2.30 bits per heavy atom. The number of carbonyl (C=O) groups excluding carboxylic acids is 1. The molecule has 0 amide bonds. The van der Waals surface area contributed by atoms with Crippen LogP contribution in [0.2, 0.25) is 0 Å². The molecule has 1 aromatic heterocycles. The highest BCUT2D eigenvalue weighted by atomic mass is 32.1. The van der Waals surface area contributed by atoms with Crippen molar-refractivity contribution in [1.29, 1.82) is 0 Å². The summed E-state index contributed by atoms with van der Waals surface area (Å²) in [5, 5.41) is 3.80. The zero-order valence-corrected chi connectivity index (χ0v) is 12.1. The number of hydrogen-bond donors (Lipinski definition) is 1. The molecule has 0 saturated heterocycles. The Morgan fingerprint density at radius 1 is 1.50 bits per heavy atom. The summed E-state index contributed by atoms with van der Waals surface area (Å²) in [4.78, 5) is 16.2. The number of ether oxygens (including phenoxy) is 1. The summed E-state index contributed by atoms with van der Waals surface area (Å²) in [7, 11) is 1.35. The van der Waals surface area contributed by atoms with Crippen LogP contribution in [0.4, 0.5) is 9.52 Å². The molecule has 0 bridgehead atoms. The van der Waals surface area contributed by atoms with E-state index in [2.05, 4.69) is 15.0 Å². The molecule has 2 rings (SSSR count). The van der Waals surface area contributed by atoms with Gasteiger partial charge in [0.05, 0.1) is 12.8 Å². The van der Waals surface area contributed by atoms with Gasteiger partial charge in [-0.25, -0.2) is 14.2 Å². The Labute approximate surface area is 120 Å². The molecule has 1 aromatic carbocycles. The lowest BCUT2D eigenvalue weighted by Crippen LogP contribution is -2.04. The number of anilines is 1. The highest BCUT2D eigenvalue weighted by molar-refractivity contribution is 7.17. The molecular formula is C14H15FN2O2S. The van der Waals surface area contributed by atoms with E-state index in [1.165, 1.54) is 30.6 Å². The number of hydrogen-bond acceptors (Lipinski definition) is 5. The van der Waals surface area contributed by atoms with Gasteiger partial charge in [-0.05, 0) is 31.0 Å². The number of thiazole rings is 1. The highest BCUT2D eigenvalue weighted by Gasteiger charge is 2.15. The van der Waals surface area contributed by atoms with Crippen LogP contribution in [0.3, 0.4) is 0 Å². The third kappa shape index (κ3) is 3.54. The summed E-state index contributed by atoms with van der Waals surface area (Å²) in [6, 6.07) is 6.49. The number of rotatable bonds is 5. The molecule has 0 aliphatic rings. The Morgan fingerprint density at radius 3 is 3.00 bits per heavy atom. The number of aryl methyl sites for hydroxylation is 1. The average molecular weight is 294 g/mol. The van der Waals surface area contributed by atoms with Gasteiger partial charge in [-0.2, -0.15) is 0 Å². The van der Waals surface area contributed by atoms with Crippen LogP contribution in [-0.2, 0) is 11.2 Å². The van der Waals surface area contributed by atoms with E-state index in [4.69, 9.17) is 0 Å². The maximum absolute atomic E-state index is 13.0. The van der Waals surface area contributed by atoms with E-state index in [1.807, 2.05) is 6.07 Å². The molecule has 6 heteroatoms. The Balaban J connectivity index is 1.93. The van der Waals surface area contributed by atoms with Gasteiger partial charge < -0.3 is 10.1 Å². The molecule has 0 fully saturated rings. The summed E-state index contributed by atoms with van der Waals surface area (Å²) in [6.45, 7) is 2.39. The van der Waals surface area contributed by atoms with E-state index >= 15 is 0 Å². The minimum atomic E-state index is -0.377. The zero-order chi connectivity index (χ0) is 14.5. The number of esters is 1. The molecule has 20 heavy (non-hydrogen) atoms. The summed E-state index contributed by atoms with van der Waals surface area (Å²) < 4.78 is 17.7. The smallest absolute Gasteiger partial charge is 0.350 e. The van der Waals surface area contributed by atoms with Gasteiger partial charge in [0.2, 0.25) is 0 Å². The van der Waals surface area contributed by atoms with Crippen LogP contribution < -0.4 is 5.32 Å². The van der Waals surface area contributed by atoms with E-state index in [-0.39, 0.29) is 11.8 Å². The van der Waals surface area contributed by atoms with Gasteiger partial charge in [-0.3, -0.25) is 0 Å². The van der Waals surface area contributed by atoms with Crippen molar-refractivity contribution in [3.05, 3.63) is 46.2 Å². The maximum Gasteiger partial charge on any atom is 0.350 e. The Kier molecular flexibility index (Phi) is 4.68. The van der Waals surface area contributed by atoms with E-state index in [0.717, 1.165) is 5.56 Å². The van der Waals surface area contributed by atoms with Crippen LogP contribution in [0.25, 0.3) is 0 Å². The standard InChI is InChI=1S/C14H15FN2O2S/c1-9-12(13(18)19-2)20-14(17-9)16-7-6-10-4-3-5-11(15)8-10/h3-5,8H,6-7H2,1-2H3,(H,16,17). The van der Waals surface area contributed by atoms with Crippen molar-refractivity contribution in [2.24, 2.45) is 0 Å². The lowest BCUT2D eigenvalue weighted by atomic mass is 10.1. The monoisotopic (exact) mass is 294 g/mol. The van der Waals surface area contributed by atoms with E-state index < -0.39 is 0 Å². The van der Waals surface area contributed by atoms with Gasteiger partial charge in [0.25, 0.3) is 0 Å². The van der Waals surface area contributed by atoms with Crippen LogP contribution in [-0.4, -0.2) is 24.6 Å². The van der Waals surface area contributed by atoms with Crippen LogP contribution in [0.5, 0.6) is 0 Å². The van der Waals surface area contributed by atoms with Gasteiger partial charge in [-0.15, -0.1) is 0 Å². The van der Waals surface area contributed by atoms with E-state index in [0.29, 0.717) is 28.7 Å². The fourth-order valence-electron chi connectivity index (χ4n) is 1.76. The largest absolute Gasteiger partial charge is 0.465 e. The van der Waals surface area contributed by atoms with Crippen LogP contribution in [0.1, 0.15) is 20.9 Å². The SMILES string of the molecule is COC(=O)c1sc(NCCc2cccc(F)c2)nc1C. The van der Waals surface area contributed by atoms with Crippen LogP contribution in [0.15, 0.2) is 24.3 Å². The van der Waals surface area contributed by atoms with E-state index in [9.17, 15) is 9.18 Å². The van der Waals surface area contributed by atoms with Crippen molar-refractivity contribution in [3.8, 4) is 0 Å². The zero-order valence-electron chi connectivity index (χ0n) is 11.3. The molecule has 106 valence electrons. The predicted molar refractivity (Wildman–Crippen MR) is 76.8 cm³/mol. The first-order valence-corrected chi connectivity index (χ1v) is 6.96. The molecule has 4 nitrogen and oxygen atoms in total. The quantitative estimate of drug-likeness (QED) is 0.861. The lowest BCUT2D eigenvalue weighted by Gasteiger charge is -2.02. The molecule has 0 radical (unpaired) electrons.